The van der Waals surface area contributed by atoms with Gasteiger partial charge in [-0.2, -0.15) is 0 Å². The Kier molecular flexibility index (Phi) is 3.08. The van der Waals surface area contributed by atoms with E-state index in [4.69, 9.17) is 0 Å². The minimum atomic E-state index is 0.198. The van der Waals surface area contributed by atoms with E-state index in [0.717, 1.165) is 37.2 Å². The lowest BCUT2D eigenvalue weighted by Gasteiger charge is -2.24. The van der Waals surface area contributed by atoms with Crippen LogP contribution in [-0.2, 0) is 4.79 Å². The summed E-state index contributed by atoms with van der Waals surface area (Å²) in [7, 11) is 3.96. The average Bonchev–Trinajstić information content (AvgIpc) is 2.76. The molecule has 1 saturated heterocycles. The van der Waals surface area contributed by atoms with Gasteiger partial charge in [0.15, 0.2) is 0 Å². The highest BCUT2D eigenvalue weighted by Gasteiger charge is 2.27. The van der Waals surface area contributed by atoms with Crippen LogP contribution in [0.3, 0.4) is 0 Å². The van der Waals surface area contributed by atoms with Crippen molar-refractivity contribution in [1.82, 2.24) is 9.88 Å². The molecule has 0 bridgehead atoms. The van der Waals surface area contributed by atoms with Crippen molar-refractivity contribution in [3.05, 3.63) is 23.9 Å². The zero-order valence-electron chi connectivity index (χ0n) is 9.76. The third-order valence-corrected chi connectivity index (χ3v) is 3.03. The van der Waals surface area contributed by atoms with Gasteiger partial charge in [-0.05, 0) is 18.9 Å². The summed E-state index contributed by atoms with van der Waals surface area (Å²) < 4.78 is 0. The first kappa shape index (κ1) is 10.9. The Bertz CT molecular complexity index is 378. The lowest BCUT2D eigenvalue weighted by Crippen LogP contribution is -2.24. The minimum absolute atomic E-state index is 0.198. The molecule has 0 unspecified atom stereocenters. The van der Waals surface area contributed by atoms with E-state index >= 15 is 0 Å². The van der Waals surface area contributed by atoms with Crippen LogP contribution in [0.1, 0.15) is 24.4 Å². The van der Waals surface area contributed by atoms with Crippen LogP contribution in [0.15, 0.2) is 18.3 Å². The van der Waals surface area contributed by atoms with Gasteiger partial charge >= 0.3 is 0 Å². The Morgan fingerprint density at radius 1 is 1.56 bits per heavy atom. The number of carbonyl (C=O) groups is 1. The van der Waals surface area contributed by atoms with Crippen LogP contribution in [0.25, 0.3) is 0 Å². The fraction of sp³-hybridized carbons (Fsp3) is 0.500. The summed E-state index contributed by atoms with van der Waals surface area (Å²) in [5.41, 5.74) is 1.15. The number of hydrogen-bond donors (Lipinski definition) is 0. The quantitative estimate of drug-likeness (QED) is 0.722. The number of hydrogen-bond acceptors (Lipinski definition) is 3. The van der Waals surface area contributed by atoms with Crippen molar-refractivity contribution in [2.24, 2.45) is 0 Å². The molecule has 4 nitrogen and oxygen atoms in total. The van der Waals surface area contributed by atoms with Crippen molar-refractivity contribution >= 4 is 12.2 Å². The van der Waals surface area contributed by atoms with E-state index in [0.29, 0.717) is 0 Å². The first-order chi connectivity index (χ1) is 7.74. The molecule has 1 aromatic rings. The zero-order chi connectivity index (χ0) is 11.5. The molecule has 1 aliphatic rings. The van der Waals surface area contributed by atoms with E-state index in [9.17, 15) is 4.79 Å². The molecular formula is C12H17N3O. The van der Waals surface area contributed by atoms with Gasteiger partial charge in [0.05, 0.1) is 6.04 Å². The average molecular weight is 219 g/mol. The number of anilines is 1. The Morgan fingerprint density at radius 3 is 3.06 bits per heavy atom. The van der Waals surface area contributed by atoms with Crippen LogP contribution < -0.4 is 4.90 Å². The largest absolute Gasteiger partial charge is 0.362 e. The van der Waals surface area contributed by atoms with Crippen LogP contribution in [0.5, 0.6) is 0 Å². The number of rotatable bonds is 3. The van der Waals surface area contributed by atoms with Gasteiger partial charge in [-0.3, -0.25) is 4.79 Å². The number of nitrogens with zero attached hydrogens (tertiary/aromatic N) is 3. The second-order valence-corrected chi connectivity index (χ2v) is 4.31. The molecule has 1 aliphatic heterocycles. The Morgan fingerprint density at radius 2 is 2.38 bits per heavy atom. The van der Waals surface area contributed by atoms with Gasteiger partial charge in [0.2, 0.25) is 6.41 Å². The van der Waals surface area contributed by atoms with Gasteiger partial charge < -0.3 is 9.80 Å². The molecule has 1 atom stereocenters. The van der Waals surface area contributed by atoms with Crippen LogP contribution >= 0.6 is 0 Å². The lowest BCUT2D eigenvalue weighted by molar-refractivity contribution is -0.118. The van der Waals surface area contributed by atoms with Crippen molar-refractivity contribution in [1.29, 1.82) is 0 Å². The summed E-state index contributed by atoms with van der Waals surface area (Å²) in [5.74, 6) is 0.959. The molecular weight excluding hydrogens is 202 g/mol. The minimum Gasteiger partial charge on any atom is -0.362 e. The molecule has 16 heavy (non-hydrogen) atoms. The summed E-state index contributed by atoms with van der Waals surface area (Å²) in [5, 5.41) is 0. The SMILES string of the molecule is CN(C)c1ncccc1[C@@H]1CCCN1C=O. The Balaban J connectivity index is 2.35. The number of aromatic nitrogens is 1. The fourth-order valence-corrected chi connectivity index (χ4v) is 2.29. The number of amides is 1. The molecule has 0 radical (unpaired) electrons. The third kappa shape index (κ3) is 1.87. The van der Waals surface area contributed by atoms with Crippen LogP contribution in [0, 0.1) is 0 Å². The van der Waals surface area contributed by atoms with Crippen molar-refractivity contribution < 1.29 is 4.79 Å². The third-order valence-electron chi connectivity index (χ3n) is 3.03. The molecule has 1 aromatic heterocycles. The van der Waals surface area contributed by atoms with Crippen LogP contribution in [0.2, 0.25) is 0 Å². The normalized spacial score (nSPS) is 19.9. The van der Waals surface area contributed by atoms with Gasteiger partial charge in [-0.25, -0.2) is 4.98 Å². The molecule has 0 aliphatic carbocycles. The second kappa shape index (κ2) is 4.51. The lowest BCUT2D eigenvalue weighted by atomic mass is 10.1. The first-order valence-corrected chi connectivity index (χ1v) is 5.57. The molecule has 86 valence electrons. The number of carbonyl (C=O) groups excluding carboxylic acids is 1. The topological polar surface area (TPSA) is 36.4 Å². The predicted octanol–water partition coefficient (Wildman–Crippen LogP) is 1.44. The maximum atomic E-state index is 11.0. The molecule has 2 rings (SSSR count). The monoisotopic (exact) mass is 219 g/mol. The molecule has 1 fully saturated rings. The van der Waals surface area contributed by atoms with E-state index in [2.05, 4.69) is 11.1 Å². The molecule has 0 aromatic carbocycles. The van der Waals surface area contributed by atoms with E-state index in [-0.39, 0.29) is 6.04 Å². The highest BCUT2D eigenvalue weighted by Crippen LogP contribution is 2.34. The van der Waals surface area contributed by atoms with E-state index < -0.39 is 0 Å². The standard InChI is InChI=1S/C12H17N3O/c1-14(2)12-10(5-3-7-13-12)11-6-4-8-15(11)9-16/h3,5,7,9,11H,4,6,8H2,1-2H3/t11-/m0/s1. The Hall–Kier alpha value is -1.58. The zero-order valence-corrected chi connectivity index (χ0v) is 9.76. The highest BCUT2D eigenvalue weighted by atomic mass is 16.1. The van der Waals surface area contributed by atoms with Crippen LogP contribution in [0.4, 0.5) is 5.82 Å². The first-order valence-electron chi connectivity index (χ1n) is 5.57. The second-order valence-electron chi connectivity index (χ2n) is 4.31. The summed E-state index contributed by atoms with van der Waals surface area (Å²) >= 11 is 0. The van der Waals surface area contributed by atoms with E-state index in [1.165, 1.54) is 0 Å². The van der Waals surface area contributed by atoms with Crippen molar-refractivity contribution in [3.63, 3.8) is 0 Å². The predicted molar refractivity (Wildman–Crippen MR) is 63.3 cm³/mol. The van der Waals surface area contributed by atoms with Crippen molar-refractivity contribution in [2.45, 2.75) is 18.9 Å². The van der Waals surface area contributed by atoms with Gasteiger partial charge in [0, 0.05) is 32.4 Å². The fourth-order valence-electron chi connectivity index (χ4n) is 2.29. The summed E-state index contributed by atoms with van der Waals surface area (Å²) in [4.78, 5) is 19.2. The molecule has 2 heterocycles. The summed E-state index contributed by atoms with van der Waals surface area (Å²) in [6, 6.07) is 4.20. The maximum Gasteiger partial charge on any atom is 0.210 e. The molecule has 0 saturated carbocycles. The molecule has 0 spiro atoms. The number of pyridine rings is 1. The van der Waals surface area contributed by atoms with Crippen molar-refractivity contribution in [3.8, 4) is 0 Å². The van der Waals surface area contributed by atoms with Gasteiger partial charge in [-0.15, -0.1) is 0 Å². The molecule has 1 amide bonds. The van der Waals surface area contributed by atoms with E-state index in [1.807, 2.05) is 30.0 Å². The Labute approximate surface area is 95.9 Å². The summed E-state index contributed by atoms with van der Waals surface area (Å²) in [6.07, 6.45) is 4.85. The smallest absolute Gasteiger partial charge is 0.210 e. The van der Waals surface area contributed by atoms with E-state index in [1.54, 1.807) is 6.20 Å². The molecule has 0 N–H and O–H groups in total. The number of likely N-dealkylation sites (tertiary alicyclic amines) is 1. The molecule has 4 heteroatoms. The van der Waals surface area contributed by atoms with Gasteiger partial charge in [0.25, 0.3) is 0 Å². The maximum absolute atomic E-state index is 11.0. The highest BCUT2D eigenvalue weighted by molar-refractivity contribution is 5.54. The van der Waals surface area contributed by atoms with Gasteiger partial charge in [0.1, 0.15) is 5.82 Å². The summed E-state index contributed by atoms with van der Waals surface area (Å²) in [6.45, 7) is 0.857. The van der Waals surface area contributed by atoms with Crippen molar-refractivity contribution in [2.75, 3.05) is 25.5 Å². The van der Waals surface area contributed by atoms with Crippen LogP contribution in [-0.4, -0.2) is 36.9 Å². The van der Waals surface area contributed by atoms with Gasteiger partial charge in [-0.1, -0.05) is 6.07 Å².